The number of carbonyl (C=O) groups is 2. The molecule has 0 saturated heterocycles. The maximum atomic E-state index is 13.9. The van der Waals surface area contributed by atoms with Gasteiger partial charge >= 0.3 is 10.2 Å². The topological polar surface area (TPSA) is 90.0 Å². The molecule has 9 heteroatoms. The van der Waals surface area contributed by atoms with Crippen LogP contribution in [0.4, 0.5) is 5.69 Å². The zero-order chi connectivity index (χ0) is 27.0. The summed E-state index contributed by atoms with van der Waals surface area (Å²) >= 11 is 0. The molecule has 1 N–H and O–H groups in total. The summed E-state index contributed by atoms with van der Waals surface area (Å²) in [7, 11) is -1.11. The van der Waals surface area contributed by atoms with Gasteiger partial charge in [-0.1, -0.05) is 50.2 Å². The van der Waals surface area contributed by atoms with E-state index in [1.165, 1.54) is 19.0 Å². The number of nitrogens with zero attached hydrogens (tertiary/aromatic N) is 3. The number of hydrogen-bond acceptors (Lipinski definition) is 4. The van der Waals surface area contributed by atoms with Crippen molar-refractivity contribution in [2.45, 2.75) is 60.0 Å². The molecule has 0 spiro atoms. The lowest BCUT2D eigenvalue weighted by Crippen LogP contribution is -2.53. The molecule has 0 radical (unpaired) electrons. The summed E-state index contributed by atoms with van der Waals surface area (Å²) in [4.78, 5) is 28.5. The first-order chi connectivity index (χ1) is 16.9. The molecule has 1 unspecified atom stereocenters. The average Bonchev–Trinajstić information content (AvgIpc) is 2.83. The van der Waals surface area contributed by atoms with E-state index < -0.39 is 28.7 Å². The van der Waals surface area contributed by atoms with Crippen LogP contribution in [-0.2, 0) is 26.3 Å². The molecule has 0 fully saturated rings. The predicted octanol–water partition coefficient (Wildman–Crippen LogP) is 3.56. The maximum absolute atomic E-state index is 13.9. The normalized spacial score (nSPS) is 12.3. The summed E-state index contributed by atoms with van der Waals surface area (Å²) < 4.78 is 29.0. The number of hydrogen-bond donors (Lipinski definition) is 1. The summed E-state index contributed by atoms with van der Waals surface area (Å²) in [6.45, 7) is 9.75. The average molecular weight is 517 g/mol. The second kappa shape index (κ2) is 12.9. The second-order valence-electron chi connectivity index (χ2n) is 9.25. The third-order valence-electron chi connectivity index (χ3n) is 6.19. The molecule has 36 heavy (non-hydrogen) atoms. The molecule has 0 heterocycles. The molecular formula is C27H40N4O4S. The molecule has 0 saturated carbocycles. The molecule has 0 aliphatic heterocycles. The van der Waals surface area contributed by atoms with Crippen LogP contribution in [0.3, 0.4) is 0 Å². The Morgan fingerprint density at radius 1 is 0.972 bits per heavy atom. The fraction of sp³-hybridized carbons (Fsp3) is 0.481. The van der Waals surface area contributed by atoms with Crippen molar-refractivity contribution in [2.75, 3.05) is 31.5 Å². The highest BCUT2D eigenvalue weighted by atomic mass is 32.2. The summed E-state index contributed by atoms with van der Waals surface area (Å²) in [5, 5.41) is 2.90. The van der Waals surface area contributed by atoms with Crippen LogP contribution in [0.1, 0.15) is 48.9 Å². The van der Waals surface area contributed by atoms with E-state index in [0.29, 0.717) is 18.7 Å². The Labute approximate surface area is 216 Å². The number of amides is 2. The van der Waals surface area contributed by atoms with Gasteiger partial charge in [-0.25, -0.2) is 4.31 Å². The van der Waals surface area contributed by atoms with Crippen molar-refractivity contribution in [2.24, 2.45) is 0 Å². The minimum atomic E-state index is -3.99. The van der Waals surface area contributed by atoms with E-state index in [1.54, 1.807) is 6.07 Å². The molecule has 198 valence electrons. The molecule has 2 aromatic rings. The van der Waals surface area contributed by atoms with Crippen molar-refractivity contribution in [3.05, 3.63) is 64.7 Å². The van der Waals surface area contributed by atoms with Gasteiger partial charge in [0.2, 0.25) is 11.8 Å². The summed E-state index contributed by atoms with van der Waals surface area (Å²) in [5.74, 6) is -0.682. The van der Waals surface area contributed by atoms with Crippen LogP contribution in [0.15, 0.2) is 42.5 Å². The van der Waals surface area contributed by atoms with Crippen LogP contribution >= 0.6 is 0 Å². The van der Waals surface area contributed by atoms with Gasteiger partial charge in [0.05, 0.1) is 5.69 Å². The Hall–Kier alpha value is -2.91. The first kappa shape index (κ1) is 29.3. The minimum Gasteiger partial charge on any atom is -0.354 e. The van der Waals surface area contributed by atoms with E-state index in [9.17, 15) is 18.0 Å². The lowest BCUT2D eigenvalue weighted by Gasteiger charge is -2.34. The van der Waals surface area contributed by atoms with E-state index >= 15 is 0 Å². The molecule has 2 aromatic carbocycles. The number of carbonyl (C=O) groups excluding carboxylic acids is 2. The molecule has 0 bridgehead atoms. The van der Waals surface area contributed by atoms with Gasteiger partial charge in [-0.15, -0.1) is 0 Å². The maximum Gasteiger partial charge on any atom is 0.304 e. The zero-order valence-corrected chi connectivity index (χ0v) is 23.4. The van der Waals surface area contributed by atoms with Crippen LogP contribution in [0.25, 0.3) is 0 Å². The van der Waals surface area contributed by atoms with E-state index in [-0.39, 0.29) is 12.5 Å². The molecule has 0 aliphatic carbocycles. The molecule has 1 atom stereocenters. The van der Waals surface area contributed by atoms with Crippen molar-refractivity contribution in [1.29, 1.82) is 0 Å². The largest absolute Gasteiger partial charge is 0.354 e. The monoisotopic (exact) mass is 516 g/mol. The molecular weight excluding hydrogens is 476 g/mol. The predicted molar refractivity (Wildman–Crippen MR) is 145 cm³/mol. The van der Waals surface area contributed by atoms with Gasteiger partial charge < -0.3 is 10.2 Å². The smallest absolute Gasteiger partial charge is 0.304 e. The lowest BCUT2D eigenvalue weighted by atomic mass is 10.1. The van der Waals surface area contributed by atoms with Gasteiger partial charge in [0.15, 0.2) is 0 Å². The van der Waals surface area contributed by atoms with E-state index in [2.05, 4.69) is 5.32 Å². The Bertz CT molecular complexity index is 1160. The standard InChI is InChI=1S/C27H40N4O4S/c1-8-16-28-27(33)24(9-2)30(18-23-13-11-10-12-21(23)4)26(32)19-31(36(34,35)29(6)7)25-17-20(3)14-15-22(25)5/h10-15,17,24H,8-9,16,18-19H2,1-7H3,(H,28,33). The Balaban J connectivity index is 2.56. The lowest BCUT2D eigenvalue weighted by molar-refractivity contribution is -0.140. The van der Waals surface area contributed by atoms with Crippen molar-refractivity contribution < 1.29 is 18.0 Å². The van der Waals surface area contributed by atoms with Gasteiger partial charge in [-0.3, -0.25) is 9.59 Å². The van der Waals surface area contributed by atoms with E-state index in [4.69, 9.17) is 0 Å². The quantitative estimate of drug-likeness (QED) is 0.467. The van der Waals surface area contributed by atoms with Gasteiger partial charge in [0.25, 0.3) is 0 Å². The van der Waals surface area contributed by atoms with Crippen LogP contribution in [0.5, 0.6) is 0 Å². The second-order valence-corrected chi connectivity index (χ2v) is 11.3. The third-order valence-corrected chi connectivity index (χ3v) is 7.99. The number of rotatable bonds is 12. The first-order valence-corrected chi connectivity index (χ1v) is 13.7. The van der Waals surface area contributed by atoms with Gasteiger partial charge in [-0.05, 0) is 61.9 Å². The van der Waals surface area contributed by atoms with Gasteiger partial charge in [0.1, 0.15) is 12.6 Å². The fourth-order valence-electron chi connectivity index (χ4n) is 3.95. The summed E-state index contributed by atoms with van der Waals surface area (Å²) in [5.41, 5.74) is 3.95. The Morgan fingerprint density at radius 3 is 2.22 bits per heavy atom. The van der Waals surface area contributed by atoms with Crippen molar-refractivity contribution in [3.63, 3.8) is 0 Å². The summed E-state index contributed by atoms with van der Waals surface area (Å²) in [6.07, 6.45) is 1.17. The van der Waals surface area contributed by atoms with Crippen LogP contribution in [-0.4, -0.2) is 62.7 Å². The van der Waals surface area contributed by atoms with Gasteiger partial charge in [-0.2, -0.15) is 12.7 Å². The van der Waals surface area contributed by atoms with Gasteiger partial charge in [0, 0.05) is 27.2 Å². The SMILES string of the molecule is CCCNC(=O)C(CC)N(Cc1ccccc1C)C(=O)CN(c1cc(C)ccc1C)S(=O)(=O)N(C)C. The summed E-state index contributed by atoms with van der Waals surface area (Å²) in [6, 6.07) is 12.5. The highest BCUT2D eigenvalue weighted by Gasteiger charge is 2.34. The molecule has 0 aliphatic rings. The van der Waals surface area contributed by atoms with Crippen molar-refractivity contribution in [3.8, 4) is 0 Å². The number of anilines is 1. The highest BCUT2D eigenvalue weighted by molar-refractivity contribution is 7.90. The van der Waals surface area contributed by atoms with Crippen LogP contribution in [0.2, 0.25) is 0 Å². The number of benzene rings is 2. The number of aryl methyl sites for hydroxylation is 3. The van der Waals surface area contributed by atoms with Crippen molar-refractivity contribution in [1.82, 2.24) is 14.5 Å². The zero-order valence-electron chi connectivity index (χ0n) is 22.5. The molecule has 0 aromatic heterocycles. The highest BCUT2D eigenvalue weighted by Crippen LogP contribution is 2.26. The van der Waals surface area contributed by atoms with Crippen LogP contribution < -0.4 is 9.62 Å². The Kier molecular flexibility index (Phi) is 10.5. The van der Waals surface area contributed by atoms with E-state index in [1.807, 2.05) is 71.0 Å². The van der Waals surface area contributed by atoms with Crippen molar-refractivity contribution >= 4 is 27.7 Å². The first-order valence-electron chi connectivity index (χ1n) is 12.3. The molecule has 2 rings (SSSR count). The third kappa shape index (κ3) is 7.07. The molecule has 2 amide bonds. The van der Waals surface area contributed by atoms with E-state index in [0.717, 1.165) is 37.3 Å². The minimum absolute atomic E-state index is 0.201. The molecule has 8 nitrogen and oxygen atoms in total. The Morgan fingerprint density at radius 2 is 1.64 bits per heavy atom. The van der Waals surface area contributed by atoms with Crippen LogP contribution in [0, 0.1) is 20.8 Å². The number of nitrogens with one attached hydrogen (secondary N) is 1. The fourth-order valence-corrected chi connectivity index (χ4v) is 5.06.